The minimum absolute atomic E-state index is 0.224. The number of benzene rings is 1. The molecular weight excluding hydrogens is 373 g/mol. The highest BCUT2D eigenvalue weighted by molar-refractivity contribution is 6.35. The average Bonchev–Trinajstić information content (AvgIpc) is 2.63. The maximum Gasteiger partial charge on any atom is 0.274 e. The van der Waals surface area contributed by atoms with Gasteiger partial charge in [0.1, 0.15) is 5.69 Å². The maximum absolute atomic E-state index is 12.5. The number of aromatic nitrogens is 3. The summed E-state index contributed by atoms with van der Waals surface area (Å²) < 4.78 is 0. The third-order valence-electron chi connectivity index (χ3n) is 3.44. The van der Waals surface area contributed by atoms with Gasteiger partial charge < -0.3 is 10.6 Å². The van der Waals surface area contributed by atoms with Crippen LogP contribution in [-0.4, -0.2) is 20.9 Å². The van der Waals surface area contributed by atoms with Crippen molar-refractivity contribution in [2.45, 2.75) is 13.5 Å². The topological polar surface area (TPSA) is 79.8 Å². The lowest BCUT2D eigenvalue weighted by atomic mass is 10.2. The molecule has 2 N–H and O–H groups in total. The second kappa shape index (κ2) is 8.12. The molecule has 6 nitrogen and oxygen atoms in total. The van der Waals surface area contributed by atoms with Crippen molar-refractivity contribution in [1.29, 1.82) is 0 Å². The second-order valence-electron chi connectivity index (χ2n) is 5.51. The lowest BCUT2D eigenvalue weighted by Crippen LogP contribution is -2.16. The molecule has 3 rings (SSSR count). The number of hydrogen-bond acceptors (Lipinski definition) is 5. The van der Waals surface area contributed by atoms with Gasteiger partial charge in [-0.25, -0.2) is 9.97 Å². The quantitative estimate of drug-likeness (QED) is 0.679. The Labute approximate surface area is 160 Å². The fourth-order valence-electron chi connectivity index (χ4n) is 2.23. The smallest absolute Gasteiger partial charge is 0.274 e. The SMILES string of the molecule is Cc1cc(C(=O)Nc2cc(Cl)ccc2Cl)nc(NCc2cccnc2)n1. The van der Waals surface area contributed by atoms with Gasteiger partial charge in [0, 0.05) is 29.7 Å². The van der Waals surface area contributed by atoms with Crippen LogP contribution in [0.2, 0.25) is 10.0 Å². The molecule has 0 saturated heterocycles. The molecule has 0 fully saturated rings. The number of carbonyl (C=O) groups is 1. The summed E-state index contributed by atoms with van der Waals surface area (Å²) in [7, 11) is 0. The van der Waals surface area contributed by atoms with Crippen LogP contribution in [0.4, 0.5) is 11.6 Å². The molecule has 0 aliphatic rings. The molecule has 0 aliphatic carbocycles. The van der Waals surface area contributed by atoms with Crippen LogP contribution in [0.25, 0.3) is 0 Å². The Morgan fingerprint density at radius 1 is 1.15 bits per heavy atom. The monoisotopic (exact) mass is 387 g/mol. The Kier molecular flexibility index (Phi) is 5.65. The summed E-state index contributed by atoms with van der Waals surface area (Å²) in [6.45, 7) is 2.29. The summed E-state index contributed by atoms with van der Waals surface area (Å²) in [5.74, 6) is -0.0414. The molecule has 2 heterocycles. The molecule has 0 bridgehead atoms. The van der Waals surface area contributed by atoms with E-state index in [1.807, 2.05) is 12.1 Å². The number of hydrogen-bond donors (Lipinski definition) is 2. The molecule has 2 aromatic heterocycles. The number of nitrogens with zero attached hydrogens (tertiary/aromatic N) is 3. The van der Waals surface area contributed by atoms with Crippen molar-refractivity contribution in [1.82, 2.24) is 15.0 Å². The average molecular weight is 388 g/mol. The van der Waals surface area contributed by atoms with Gasteiger partial charge in [-0.1, -0.05) is 29.3 Å². The first kappa shape index (κ1) is 18.1. The van der Waals surface area contributed by atoms with Gasteiger partial charge in [-0.3, -0.25) is 9.78 Å². The van der Waals surface area contributed by atoms with Crippen LogP contribution >= 0.6 is 23.2 Å². The molecule has 3 aromatic rings. The molecule has 1 amide bonds. The molecule has 0 spiro atoms. The van der Waals surface area contributed by atoms with E-state index in [1.54, 1.807) is 43.6 Å². The third-order valence-corrected chi connectivity index (χ3v) is 4.00. The Bertz CT molecular complexity index is 934. The minimum atomic E-state index is -0.399. The van der Waals surface area contributed by atoms with Gasteiger partial charge in [0.2, 0.25) is 5.95 Å². The molecule has 0 unspecified atom stereocenters. The summed E-state index contributed by atoms with van der Waals surface area (Å²) in [6.07, 6.45) is 3.45. The Hall–Kier alpha value is -2.70. The highest BCUT2D eigenvalue weighted by Crippen LogP contribution is 2.25. The molecule has 132 valence electrons. The normalized spacial score (nSPS) is 10.4. The van der Waals surface area contributed by atoms with E-state index in [-0.39, 0.29) is 5.69 Å². The van der Waals surface area contributed by atoms with E-state index >= 15 is 0 Å². The molecule has 1 aromatic carbocycles. The molecule has 8 heteroatoms. The predicted molar refractivity (Wildman–Crippen MR) is 103 cm³/mol. The maximum atomic E-state index is 12.5. The van der Waals surface area contributed by atoms with E-state index in [2.05, 4.69) is 25.6 Å². The standard InChI is InChI=1S/C18H15Cl2N5O/c1-11-7-16(17(26)24-15-8-13(19)4-5-14(15)20)25-18(23-11)22-10-12-3-2-6-21-9-12/h2-9H,10H2,1H3,(H,24,26)(H,22,23,25). The number of rotatable bonds is 5. The van der Waals surface area contributed by atoms with Gasteiger partial charge in [0.15, 0.2) is 0 Å². The Morgan fingerprint density at radius 3 is 2.77 bits per heavy atom. The van der Waals surface area contributed by atoms with E-state index in [0.29, 0.717) is 33.9 Å². The van der Waals surface area contributed by atoms with Gasteiger partial charge in [0.25, 0.3) is 5.91 Å². The van der Waals surface area contributed by atoms with Crippen molar-refractivity contribution in [3.8, 4) is 0 Å². The van der Waals surface area contributed by atoms with Gasteiger partial charge >= 0.3 is 0 Å². The number of halogens is 2. The summed E-state index contributed by atoms with van der Waals surface area (Å²) >= 11 is 12.0. The van der Waals surface area contributed by atoms with Crippen LogP contribution in [0.1, 0.15) is 21.7 Å². The van der Waals surface area contributed by atoms with Crippen molar-refractivity contribution in [2.24, 2.45) is 0 Å². The first-order valence-electron chi connectivity index (χ1n) is 7.76. The van der Waals surface area contributed by atoms with Crippen LogP contribution in [-0.2, 0) is 6.54 Å². The van der Waals surface area contributed by atoms with Crippen LogP contribution in [0.15, 0.2) is 48.8 Å². The molecular formula is C18H15Cl2N5O. The van der Waals surface area contributed by atoms with Crippen LogP contribution in [0.5, 0.6) is 0 Å². The van der Waals surface area contributed by atoms with E-state index in [1.165, 1.54) is 0 Å². The number of aryl methyl sites for hydroxylation is 1. The number of nitrogens with one attached hydrogen (secondary N) is 2. The molecule has 0 atom stereocenters. The molecule has 0 aliphatic heterocycles. The summed E-state index contributed by atoms with van der Waals surface area (Å²) in [5, 5.41) is 6.67. The second-order valence-corrected chi connectivity index (χ2v) is 6.35. The molecule has 26 heavy (non-hydrogen) atoms. The van der Waals surface area contributed by atoms with Crippen molar-refractivity contribution in [2.75, 3.05) is 10.6 Å². The third kappa shape index (κ3) is 4.68. The van der Waals surface area contributed by atoms with Gasteiger partial charge in [0.05, 0.1) is 10.7 Å². The van der Waals surface area contributed by atoms with Crippen molar-refractivity contribution < 1.29 is 4.79 Å². The predicted octanol–water partition coefficient (Wildman–Crippen LogP) is 4.35. The van der Waals surface area contributed by atoms with Crippen LogP contribution in [0.3, 0.4) is 0 Å². The van der Waals surface area contributed by atoms with Gasteiger partial charge in [-0.05, 0) is 42.8 Å². The highest BCUT2D eigenvalue weighted by Gasteiger charge is 2.13. The fourth-order valence-corrected chi connectivity index (χ4v) is 2.56. The zero-order valence-corrected chi connectivity index (χ0v) is 15.3. The van der Waals surface area contributed by atoms with Crippen LogP contribution in [0, 0.1) is 6.92 Å². The van der Waals surface area contributed by atoms with Gasteiger partial charge in [-0.15, -0.1) is 0 Å². The van der Waals surface area contributed by atoms with Gasteiger partial charge in [-0.2, -0.15) is 0 Å². The fraction of sp³-hybridized carbons (Fsp3) is 0.111. The Balaban J connectivity index is 1.76. The lowest BCUT2D eigenvalue weighted by Gasteiger charge is -2.10. The van der Waals surface area contributed by atoms with Crippen molar-refractivity contribution in [3.05, 3.63) is 75.8 Å². The van der Waals surface area contributed by atoms with E-state index in [4.69, 9.17) is 23.2 Å². The minimum Gasteiger partial charge on any atom is -0.350 e. The van der Waals surface area contributed by atoms with E-state index in [9.17, 15) is 4.79 Å². The largest absolute Gasteiger partial charge is 0.350 e. The first-order valence-corrected chi connectivity index (χ1v) is 8.52. The van der Waals surface area contributed by atoms with Crippen molar-refractivity contribution >= 4 is 40.7 Å². The number of carbonyl (C=O) groups excluding carboxylic acids is 1. The highest BCUT2D eigenvalue weighted by atomic mass is 35.5. The van der Waals surface area contributed by atoms with E-state index < -0.39 is 5.91 Å². The number of pyridine rings is 1. The summed E-state index contributed by atoms with van der Waals surface area (Å²) in [5.41, 5.74) is 2.29. The molecule has 0 radical (unpaired) electrons. The van der Waals surface area contributed by atoms with Crippen molar-refractivity contribution in [3.63, 3.8) is 0 Å². The van der Waals surface area contributed by atoms with E-state index in [0.717, 1.165) is 5.56 Å². The first-order chi connectivity index (χ1) is 12.5. The summed E-state index contributed by atoms with van der Waals surface area (Å²) in [4.78, 5) is 25.1. The summed E-state index contributed by atoms with van der Waals surface area (Å²) in [6, 6.07) is 10.2. The zero-order chi connectivity index (χ0) is 18.5. The lowest BCUT2D eigenvalue weighted by molar-refractivity contribution is 0.102. The molecule has 0 saturated carbocycles. The van der Waals surface area contributed by atoms with Crippen LogP contribution < -0.4 is 10.6 Å². The number of anilines is 2. The number of amides is 1. The zero-order valence-electron chi connectivity index (χ0n) is 13.8. The Morgan fingerprint density at radius 2 is 2.00 bits per heavy atom.